The van der Waals surface area contributed by atoms with Crippen LogP contribution in [0.25, 0.3) is 10.8 Å². The molecule has 0 fully saturated rings. The van der Waals surface area contributed by atoms with Gasteiger partial charge < -0.3 is 10.3 Å². The van der Waals surface area contributed by atoms with Crippen LogP contribution in [-0.2, 0) is 17.8 Å². The Balaban J connectivity index is 1.46. The van der Waals surface area contributed by atoms with Gasteiger partial charge in [-0.2, -0.15) is 0 Å². The predicted molar refractivity (Wildman–Crippen MR) is 112 cm³/mol. The average Bonchev–Trinajstić information content (AvgIpc) is 2.72. The lowest BCUT2D eigenvalue weighted by molar-refractivity contribution is -0.126. The third-order valence-electron chi connectivity index (χ3n) is 5.70. The highest BCUT2D eigenvalue weighted by molar-refractivity contribution is 5.84. The van der Waals surface area contributed by atoms with Gasteiger partial charge in [-0.3, -0.25) is 19.5 Å². The van der Waals surface area contributed by atoms with E-state index in [0.717, 1.165) is 10.9 Å². The van der Waals surface area contributed by atoms with Crippen molar-refractivity contribution in [3.63, 3.8) is 0 Å². The van der Waals surface area contributed by atoms with Crippen molar-refractivity contribution < 1.29 is 4.79 Å². The molecule has 1 aliphatic rings. The van der Waals surface area contributed by atoms with E-state index in [0.29, 0.717) is 30.8 Å². The van der Waals surface area contributed by atoms with E-state index in [1.807, 2.05) is 36.9 Å². The van der Waals surface area contributed by atoms with E-state index in [1.54, 1.807) is 0 Å². The molecule has 0 bridgehead atoms. The van der Waals surface area contributed by atoms with Crippen LogP contribution in [-0.4, -0.2) is 33.4 Å². The zero-order chi connectivity index (χ0) is 20.5. The van der Waals surface area contributed by atoms with Crippen molar-refractivity contribution in [2.24, 2.45) is 0 Å². The Morgan fingerprint density at radius 2 is 1.83 bits per heavy atom. The normalized spacial score (nSPS) is 16.2. The lowest BCUT2D eigenvalue weighted by Crippen LogP contribution is -2.49. The molecule has 3 aromatic rings. The summed E-state index contributed by atoms with van der Waals surface area (Å²) in [5.74, 6) is -0.0821. The number of H-pyrrole nitrogens is 2. The first-order valence-electron chi connectivity index (χ1n) is 9.80. The minimum atomic E-state index is -0.516. The molecule has 29 heavy (non-hydrogen) atoms. The summed E-state index contributed by atoms with van der Waals surface area (Å²) in [4.78, 5) is 43.2. The third-order valence-corrected chi connectivity index (χ3v) is 5.70. The molecule has 0 radical (unpaired) electrons. The standard InChI is InChI=1S/C22H24N4O3/c1-13(16-8-7-15-5-3-4-6-17(15)11-16)23-20(27)14(2)26-10-9-18-19(12-26)24-22(29)25-21(18)28/h3-8,11,13-14H,9-10,12H2,1-2H3,(H,23,27)(H2,24,25,28,29). The maximum atomic E-state index is 12.8. The van der Waals surface area contributed by atoms with Crippen LogP contribution in [0.5, 0.6) is 0 Å². The van der Waals surface area contributed by atoms with Gasteiger partial charge in [-0.05, 0) is 42.7 Å². The zero-order valence-corrected chi connectivity index (χ0v) is 16.5. The minimum absolute atomic E-state index is 0.0821. The van der Waals surface area contributed by atoms with Crippen molar-refractivity contribution in [3.8, 4) is 0 Å². The molecule has 7 nitrogen and oxygen atoms in total. The lowest BCUT2D eigenvalue weighted by atomic mass is 10.0. The van der Waals surface area contributed by atoms with Gasteiger partial charge in [-0.15, -0.1) is 0 Å². The number of fused-ring (bicyclic) bond motifs is 2. The predicted octanol–water partition coefficient (Wildman–Crippen LogP) is 1.84. The van der Waals surface area contributed by atoms with Crippen LogP contribution in [0.1, 0.15) is 36.7 Å². The Bertz CT molecular complexity index is 1180. The summed E-state index contributed by atoms with van der Waals surface area (Å²) in [6.45, 7) is 4.77. The molecular weight excluding hydrogens is 368 g/mol. The van der Waals surface area contributed by atoms with Crippen molar-refractivity contribution >= 4 is 16.7 Å². The van der Waals surface area contributed by atoms with E-state index in [-0.39, 0.29) is 23.6 Å². The van der Waals surface area contributed by atoms with Crippen LogP contribution in [0.4, 0.5) is 0 Å². The van der Waals surface area contributed by atoms with E-state index in [9.17, 15) is 14.4 Å². The summed E-state index contributed by atoms with van der Waals surface area (Å²) in [6, 6.07) is 13.8. The fraction of sp³-hybridized carbons (Fsp3) is 0.318. The van der Waals surface area contributed by atoms with Crippen LogP contribution in [0.2, 0.25) is 0 Å². The molecule has 7 heteroatoms. The van der Waals surface area contributed by atoms with E-state index in [4.69, 9.17) is 0 Å². The van der Waals surface area contributed by atoms with Gasteiger partial charge in [0.15, 0.2) is 0 Å². The smallest absolute Gasteiger partial charge is 0.325 e. The molecule has 1 amide bonds. The zero-order valence-electron chi connectivity index (χ0n) is 16.5. The Labute approximate surface area is 167 Å². The number of aromatic amines is 2. The number of aromatic nitrogens is 2. The second-order valence-electron chi connectivity index (χ2n) is 7.60. The SMILES string of the molecule is CC(NC(=O)C(C)N1CCc2c([nH]c(=O)[nH]c2=O)C1)c1ccc2ccccc2c1. The first-order valence-corrected chi connectivity index (χ1v) is 9.80. The van der Waals surface area contributed by atoms with Crippen LogP contribution in [0.3, 0.4) is 0 Å². The van der Waals surface area contributed by atoms with E-state index < -0.39 is 5.69 Å². The van der Waals surface area contributed by atoms with Gasteiger partial charge in [0.05, 0.1) is 12.1 Å². The monoisotopic (exact) mass is 392 g/mol. The van der Waals surface area contributed by atoms with Gasteiger partial charge in [0.1, 0.15) is 0 Å². The number of hydrogen-bond donors (Lipinski definition) is 3. The summed E-state index contributed by atoms with van der Waals surface area (Å²) in [7, 11) is 0. The molecule has 4 rings (SSSR count). The van der Waals surface area contributed by atoms with E-state index >= 15 is 0 Å². The van der Waals surface area contributed by atoms with Crippen LogP contribution in [0.15, 0.2) is 52.1 Å². The Kier molecular flexibility index (Phi) is 5.07. The van der Waals surface area contributed by atoms with Gasteiger partial charge in [-0.25, -0.2) is 4.79 Å². The molecule has 3 N–H and O–H groups in total. The minimum Gasteiger partial charge on any atom is -0.348 e. The van der Waals surface area contributed by atoms with Crippen molar-refractivity contribution in [2.45, 2.75) is 38.9 Å². The quantitative estimate of drug-likeness (QED) is 0.631. The van der Waals surface area contributed by atoms with Gasteiger partial charge >= 0.3 is 5.69 Å². The number of hydrogen-bond acceptors (Lipinski definition) is 4. The van der Waals surface area contributed by atoms with Crippen molar-refractivity contribution in [1.29, 1.82) is 0 Å². The topological polar surface area (TPSA) is 98.1 Å². The lowest BCUT2D eigenvalue weighted by Gasteiger charge is -2.32. The van der Waals surface area contributed by atoms with E-state index in [2.05, 4.69) is 39.6 Å². The number of carbonyl (C=O) groups excluding carboxylic acids is 1. The second kappa shape index (κ2) is 7.67. The highest BCUT2D eigenvalue weighted by Crippen LogP contribution is 2.21. The first kappa shape index (κ1) is 19.1. The Hall–Kier alpha value is -3.19. The third kappa shape index (κ3) is 3.86. The average molecular weight is 392 g/mol. The highest BCUT2D eigenvalue weighted by atomic mass is 16.2. The van der Waals surface area contributed by atoms with Gasteiger partial charge in [-0.1, -0.05) is 36.4 Å². The number of carbonyl (C=O) groups is 1. The number of nitrogens with one attached hydrogen (secondary N) is 3. The maximum Gasteiger partial charge on any atom is 0.325 e. The number of nitrogens with zero attached hydrogens (tertiary/aromatic N) is 1. The molecular formula is C22H24N4O3. The molecule has 2 heterocycles. The Morgan fingerprint density at radius 1 is 1.07 bits per heavy atom. The fourth-order valence-corrected chi connectivity index (χ4v) is 3.89. The molecule has 150 valence electrons. The molecule has 1 aliphatic heterocycles. The summed E-state index contributed by atoms with van der Waals surface area (Å²) >= 11 is 0. The molecule has 2 atom stereocenters. The largest absolute Gasteiger partial charge is 0.348 e. The molecule has 0 saturated carbocycles. The molecule has 0 aliphatic carbocycles. The first-order chi connectivity index (χ1) is 13.9. The summed E-state index contributed by atoms with van der Waals surface area (Å²) < 4.78 is 0. The summed E-state index contributed by atoms with van der Waals surface area (Å²) in [6.07, 6.45) is 0.499. The highest BCUT2D eigenvalue weighted by Gasteiger charge is 2.28. The second-order valence-corrected chi connectivity index (χ2v) is 7.60. The fourth-order valence-electron chi connectivity index (χ4n) is 3.89. The summed E-state index contributed by atoms with van der Waals surface area (Å²) in [5, 5.41) is 5.39. The van der Waals surface area contributed by atoms with Crippen molar-refractivity contribution in [2.75, 3.05) is 6.54 Å². The molecule has 2 unspecified atom stereocenters. The van der Waals surface area contributed by atoms with Crippen LogP contribution in [0, 0.1) is 0 Å². The molecule has 2 aromatic carbocycles. The van der Waals surface area contributed by atoms with E-state index in [1.165, 1.54) is 5.39 Å². The maximum absolute atomic E-state index is 12.8. The van der Waals surface area contributed by atoms with Gasteiger partial charge in [0, 0.05) is 24.3 Å². The van der Waals surface area contributed by atoms with Gasteiger partial charge in [0.25, 0.3) is 5.56 Å². The van der Waals surface area contributed by atoms with Gasteiger partial charge in [0.2, 0.25) is 5.91 Å². The summed E-state index contributed by atoms with van der Waals surface area (Å²) in [5.41, 5.74) is 1.37. The number of rotatable bonds is 4. The van der Waals surface area contributed by atoms with Crippen molar-refractivity contribution in [1.82, 2.24) is 20.2 Å². The van der Waals surface area contributed by atoms with Crippen LogP contribution >= 0.6 is 0 Å². The van der Waals surface area contributed by atoms with Crippen LogP contribution < -0.4 is 16.6 Å². The molecule has 1 aromatic heterocycles. The molecule has 0 saturated heterocycles. The number of amides is 1. The van der Waals surface area contributed by atoms with Crippen molar-refractivity contribution in [3.05, 3.63) is 80.1 Å². The number of benzene rings is 2. The Morgan fingerprint density at radius 3 is 2.62 bits per heavy atom. The molecule has 0 spiro atoms.